The van der Waals surface area contributed by atoms with Crippen molar-refractivity contribution in [1.82, 2.24) is 19.3 Å². The third-order valence-electron chi connectivity index (χ3n) is 7.02. The van der Waals surface area contributed by atoms with E-state index in [4.69, 9.17) is 4.74 Å². The normalized spacial score (nSPS) is 16.9. The highest BCUT2D eigenvalue weighted by atomic mass is 16.6. The minimum atomic E-state index is -0.574. The Balaban J connectivity index is 1.71. The van der Waals surface area contributed by atoms with E-state index in [1.807, 2.05) is 43.9 Å². The predicted molar refractivity (Wildman–Crippen MR) is 135 cm³/mol. The summed E-state index contributed by atoms with van der Waals surface area (Å²) in [4.78, 5) is 44.0. The molecule has 4 rings (SSSR count). The maximum absolute atomic E-state index is 13.3. The number of carbonyl (C=O) groups excluding carboxylic acids is 3. The predicted octanol–water partition coefficient (Wildman–Crippen LogP) is 3.89. The molecule has 1 aromatic heterocycles. The second-order valence-corrected chi connectivity index (χ2v) is 11.2. The van der Waals surface area contributed by atoms with Gasteiger partial charge in [0.2, 0.25) is 5.91 Å². The topological polar surface area (TPSA) is 75.1 Å². The fourth-order valence-corrected chi connectivity index (χ4v) is 4.92. The van der Waals surface area contributed by atoms with E-state index < -0.39 is 5.60 Å². The maximum Gasteiger partial charge on any atom is 0.410 e. The summed E-state index contributed by atoms with van der Waals surface area (Å²) in [5, 5.41) is 0.927. The quantitative estimate of drug-likeness (QED) is 0.665. The second kappa shape index (κ2) is 9.55. The van der Waals surface area contributed by atoms with E-state index in [2.05, 4.69) is 11.5 Å². The Morgan fingerprint density at radius 3 is 2.37 bits per heavy atom. The van der Waals surface area contributed by atoms with Gasteiger partial charge in [0.1, 0.15) is 12.1 Å². The molecule has 2 aliphatic heterocycles. The molecule has 8 nitrogen and oxygen atoms in total. The monoisotopic (exact) mass is 482 g/mol. The number of aromatic nitrogens is 1. The molecule has 1 fully saturated rings. The maximum atomic E-state index is 13.3. The number of likely N-dealkylation sites (tertiary alicyclic amines) is 1. The molecule has 0 aliphatic carbocycles. The number of piperidine rings is 1. The van der Waals surface area contributed by atoms with Gasteiger partial charge in [0.05, 0.1) is 6.54 Å². The Labute approximate surface area is 207 Å². The molecule has 0 saturated carbocycles. The van der Waals surface area contributed by atoms with Crippen LogP contribution in [0.4, 0.5) is 4.79 Å². The van der Waals surface area contributed by atoms with Crippen LogP contribution in [0.1, 0.15) is 62.2 Å². The van der Waals surface area contributed by atoms with Gasteiger partial charge in [-0.1, -0.05) is 6.92 Å². The lowest BCUT2D eigenvalue weighted by Crippen LogP contribution is -2.40. The van der Waals surface area contributed by atoms with Crippen LogP contribution in [-0.2, 0) is 29.0 Å². The Morgan fingerprint density at radius 2 is 1.74 bits per heavy atom. The molecule has 35 heavy (non-hydrogen) atoms. The van der Waals surface area contributed by atoms with E-state index >= 15 is 0 Å². The van der Waals surface area contributed by atoms with Crippen LogP contribution in [0.15, 0.2) is 18.2 Å². The SMILES string of the molecule is CC1CCN(C(=O)c2ccc3c(c2)c2c(n3CC(=O)N(C)C)CCN(C(=O)OC(C)(C)C)C2)CC1. The molecular formula is C27H38N4O4. The molecule has 2 aliphatic rings. The van der Waals surface area contributed by atoms with E-state index in [-0.39, 0.29) is 24.5 Å². The van der Waals surface area contributed by atoms with Crippen LogP contribution >= 0.6 is 0 Å². The van der Waals surface area contributed by atoms with Crippen LogP contribution in [0.2, 0.25) is 0 Å². The fraction of sp³-hybridized carbons (Fsp3) is 0.593. The molecule has 0 radical (unpaired) electrons. The summed E-state index contributed by atoms with van der Waals surface area (Å²) in [5.41, 5.74) is 3.03. The lowest BCUT2D eigenvalue weighted by atomic mass is 9.98. The van der Waals surface area contributed by atoms with Crippen molar-refractivity contribution in [2.45, 2.75) is 65.6 Å². The van der Waals surface area contributed by atoms with Gasteiger partial charge in [0.15, 0.2) is 0 Å². The number of rotatable bonds is 3. The van der Waals surface area contributed by atoms with Crippen LogP contribution in [0.25, 0.3) is 10.9 Å². The number of nitrogens with zero attached hydrogens (tertiary/aromatic N) is 4. The van der Waals surface area contributed by atoms with Crippen molar-refractivity contribution in [3.8, 4) is 0 Å². The Hall–Kier alpha value is -3.03. The zero-order valence-electron chi connectivity index (χ0n) is 21.9. The van der Waals surface area contributed by atoms with Crippen LogP contribution in [0.5, 0.6) is 0 Å². The molecule has 0 N–H and O–H groups in total. The standard InChI is InChI=1S/C27H38N4O4/c1-18-9-12-29(13-10-18)25(33)19-7-8-22-20(15-19)21-16-30(26(34)35-27(2,3)4)14-11-23(21)31(22)17-24(32)28(5)6/h7-8,15,18H,9-14,16-17H2,1-6H3. The Bertz CT molecular complexity index is 1140. The highest BCUT2D eigenvalue weighted by Gasteiger charge is 2.31. The van der Waals surface area contributed by atoms with Gasteiger partial charge in [0, 0.05) is 67.9 Å². The molecule has 3 amide bonds. The zero-order chi connectivity index (χ0) is 25.5. The van der Waals surface area contributed by atoms with Gasteiger partial charge in [-0.3, -0.25) is 9.59 Å². The van der Waals surface area contributed by atoms with Crippen LogP contribution in [-0.4, -0.2) is 76.5 Å². The molecule has 8 heteroatoms. The van der Waals surface area contributed by atoms with E-state index in [0.717, 1.165) is 48.1 Å². The average Bonchev–Trinajstić information content (AvgIpc) is 3.10. The fourth-order valence-electron chi connectivity index (χ4n) is 4.92. The van der Waals surface area contributed by atoms with E-state index in [1.54, 1.807) is 23.9 Å². The molecule has 2 aromatic rings. The number of likely N-dealkylation sites (N-methyl/N-ethyl adjacent to an activating group) is 1. The van der Waals surface area contributed by atoms with Crippen LogP contribution in [0, 0.1) is 5.92 Å². The zero-order valence-corrected chi connectivity index (χ0v) is 21.9. The third-order valence-corrected chi connectivity index (χ3v) is 7.02. The van der Waals surface area contributed by atoms with E-state index in [1.165, 1.54) is 0 Å². The molecule has 1 saturated heterocycles. The summed E-state index contributed by atoms with van der Waals surface area (Å²) >= 11 is 0. The molecule has 190 valence electrons. The van der Waals surface area contributed by atoms with Gasteiger partial charge in [-0.25, -0.2) is 4.79 Å². The first-order chi connectivity index (χ1) is 16.4. The highest BCUT2D eigenvalue weighted by molar-refractivity contribution is 5.99. The number of hydrogen-bond donors (Lipinski definition) is 0. The highest BCUT2D eigenvalue weighted by Crippen LogP contribution is 2.33. The summed E-state index contributed by atoms with van der Waals surface area (Å²) in [6.45, 7) is 10.5. The number of ether oxygens (including phenoxy) is 1. The minimum Gasteiger partial charge on any atom is -0.444 e. The minimum absolute atomic E-state index is 0.00172. The van der Waals surface area contributed by atoms with Crippen molar-refractivity contribution in [1.29, 1.82) is 0 Å². The van der Waals surface area contributed by atoms with Gasteiger partial charge in [-0.05, 0) is 57.7 Å². The molecular weight excluding hydrogens is 444 g/mol. The van der Waals surface area contributed by atoms with Crippen molar-refractivity contribution in [2.24, 2.45) is 5.92 Å². The molecule has 0 atom stereocenters. The van der Waals surface area contributed by atoms with Crippen LogP contribution < -0.4 is 0 Å². The summed E-state index contributed by atoms with van der Waals surface area (Å²) < 4.78 is 7.67. The van der Waals surface area contributed by atoms with E-state index in [0.29, 0.717) is 31.0 Å². The second-order valence-electron chi connectivity index (χ2n) is 11.2. The Morgan fingerprint density at radius 1 is 1.06 bits per heavy atom. The average molecular weight is 483 g/mol. The number of benzene rings is 1. The van der Waals surface area contributed by atoms with Gasteiger partial charge >= 0.3 is 6.09 Å². The largest absolute Gasteiger partial charge is 0.444 e. The first-order valence-electron chi connectivity index (χ1n) is 12.6. The van der Waals surface area contributed by atoms with E-state index in [9.17, 15) is 14.4 Å². The van der Waals surface area contributed by atoms with Crippen molar-refractivity contribution >= 4 is 28.8 Å². The van der Waals surface area contributed by atoms with Gasteiger partial charge in [-0.2, -0.15) is 0 Å². The van der Waals surface area contributed by atoms with Gasteiger partial charge < -0.3 is 24.0 Å². The smallest absolute Gasteiger partial charge is 0.410 e. The summed E-state index contributed by atoms with van der Waals surface area (Å²) in [6.07, 6.45) is 2.33. The van der Waals surface area contributed by atoms with Crippen LogP contribution in [0.3, 0.4) is 0 Å². The number of carbonyl (C=O) groups is 3. The Kier molecular flexibility index (Phi) is 6.84. The third kappa shape index (κ3) is 5.31. The van der Waals surface area contributed by atoms with Crippen molar-refractivity contribution in [3.63, 3.8) is 0 Å². The van der Waals surface area contributed by atoms with Crippen molar-refractivity contribution < 1.29 is 19.1 Å². The molecule has 0 bridgehead atoms. The lowest BCUT2D eigenvalue weighted by molar-refractivity contribution is -0.129. The first-order valence-corrected chi connectivity index (χ1v) is 12.6. The number of hydrogen-bond acceptors (Lipinski definition) is 4. The molecule has 1 aromatic carbocycles. The molecule has 0 spiro atoms. The van der Waals surface area contributed by atoms with Crippen molar-refractivity contribution in [3.05, 3.63) is 35.0 Å². The van der Waals surface area contributed by atoms with Crippen molar-refractivity contribution in [2.75, 3.05) is 33.7 Å². The molecule has 0 unspecified atom stereocenters. The number of amides is 3. The summed E-state index contributed by atoms with van der Waals surface area (Å²) in [6, 6.07) is 5.77. The summed E-state index contributed by atoms with van der Waals surface area (Å²) in [7, 11) is 3.50. The first kappa shape index (κ1) is 25.1. The number of fused-ring (bicyclic) bond motifs is 3. The molecule has 3 heterocycles. The van der Waals surface area contributed by atoms with Gasteiger partial charge in [-0.15, -0.1) is 0 Å². The lowest BCUT2D eigenvalue weighted by Gasteiger charge is -2.31. The summed E-state index contributed by atoms with van der Waals surface area (Å²) in [5.74, 6) is 0.696. The van der Waals surface area contributed by atoms with Gasteiger partial charge in [0.25, 0.3) is 5.91 Å².